The Labute approximate surface area is 140 Å². The topological polar surface area (TPSA) is 58.1 Å². The van der Waals surface area contributed by atoms with E-state index < -0.39 is 0 Å². The van der Waals surface area contributed by atoms with Gasteiger partial charge in [-0.05, 0) is 24.9 Å². The fraction of sp³-hybridized carbons (Fsp3) is 0.353. The Kier molecular flexibility index (Phi) is 5.20. The molecule has 1 fully saturated rings. The van der Waals surface area contributed by atoms with Gasteiger partial charge in [-0.3, -0.25) is 14.7 Å². The molecular formula is C17H19ClN4O. The van der Waals surface area contributed by atoms with Gasteiger partial charge in [0.2, 0.25) is 5.91 Å². The fourth-order valence-electron chi connectivity index (χ4n) is 2.89. The minimum Gasteiger partial charge on any atom is -0.349 e. The molecule has 23 heavy (non-hydrogen) atoms. The quantitative estimate of drug-likeness (QED) is 0.914. The summed E-state index contributed by atoms with van der Waals surface area (Å²) in [6, 6.07) is 10.1. The first kappa shape index (κ1) is 15.9. The summed E-state index contributed by atoms with van der Waals surface area (Å²) in [5, 5.41) is 3.26. The molecular weight excluding hydrogens is 312 g/mol. The van der Waals surface area contributed by atoms with Gasteiger partial charge in [0.25, 0.3) is 0 Å². The first-order chi connectivity index (χ1) is 11.2. The number of benzene rings is 1. The third-order valence-electron chi connectivity index (χ3n) is 4.05. The Morgan fingerprint density at radius 3 is 2.83 bits per heavy atom. The molecule has 1 amide bonds. The zero-order valence-electron chi connectivity index (χ0n) is 12.8. The highest BCUT2D eigenvalue weighted by Crippen LogP contribution is 2.20. The summed E-state index contributed by atoms with van der Waals surface area (Å²) in [5.41, 5.74) is 1.82. The predicted molar refractivity (Wildman–Crippen MR) is 88.8 cm³/mol. The lowest BCUT2D eigenvalue weighted by Gasteiger charge is -2.23. The van der Waals surface area contributed by atoms with E-state index in [0.29, 0.717) is 17.4 Å². The van der Waals surface area contributed by atoms with Gasteiger partial charge in [0, 0.05) is 18.9 Å². The molecule has 0 aliphatic carbocycles. The minimum absolute atomic E-state index is 0.0279. The summed E-state index contributed by atoms with van der Waals surface area (Å²) >= 11 is 5.97. The number of hydrogen-bond donors (Lipinski definition) is 1. The van der Waals surface area contributed by atoms with Gasteiger partial charge in [-0.2, -0.15) is 0 Å². The highest BCUT2D eigenvalue weighted by Gasteiger charge is 2.30. The van der Waals surface area contributed by atoms with Gasteiger partial charge in [0.1, 0.15) is 0 Å². The van der Waals surface area contributed by atoms with Crippen LogP contribution in [0.2, 0.25) is 5.15 Å². The van der Waals surface area contributed by atoms with Crippen LogP contribution in [0.25, 0.3) is 0 Å². The smallest absolute Gasteiger partial charge is 0.237 e. The number of halogens is 1. The molecule has 5 nitrogen and oxygen atoms in total. The van der Waals surface area contributed by atoms with Crippen LogP contribution < -0.4 is 5.32 Å². The normalized spacial score (nSPS) is 18.0. The van der Waals surface area contributed by atoms with Crippen LogP contribution in [0, 0.1) is 0 Å². The Hall–Kier alpha value is -1.98. The number of nitrogens with one attached hydrogen (secondary N) is 1. The summed E-state index contributed by atoms with van der Waals surface area (Å²) in [6.07, 6.45) is 5.03. The first-order valence-corrected chi connectivity index (χ1v) is 8.13. The molecule has 1 aliphatic rings. The SMILES string of the molecule is O=C(NCc1nccnc1Cl)[C@@H]1CCCN1Cc1ccccc1. The van der Waals surface area contributed by atoms with E-state index in [1.54, 1.807) is 6.20 Å². The molecule has 1 saturated heterocycles. The number of amides is 1. The Bertz CT molecular complexity index is 665. The second kappa shape index (κ2) is 7.53. The van der Waals surface area contributed by atoms with Crippen LogP contribution in [0.3, 0.4) is 0 Å². The highest BCUT2D eigenvalue weighted by atomic mass is 35.5. The summed E-state index contributed by atoms with van der Waals surface area (Å²) in [6.45, 7) is 2.05. The maximum atomic E-state index is 12.5. The van der Waals surface area contributed by atoms with Crippen molar-refractivity contribution in [2.24, 2.45) is 0 Å². The van der Waals surface area contributed by atoms with Crippen molar-refractivity contribution in [1.29, 1.82) is 0 Å². The van der Waals surface area contributed by atoms with Gasteiger partial charge in [-0.25, -0.2) is 4.98 Å². The van der Waals surface area contributed by atoms with Crippen molar-refractivity contribution in [2.75, 3.05) is 6.54 Å². The lowest BCUT2D eigenvalue weighted by atomic mass is 10.1. The van der Waals surface area contributed by atoms with E-state index >= 15 is 0 Å². The van der Waals surface area contributed by atoms with E-state index in [9.17, 15) is 4.79 Å². The second-order valence-electron chi connectivity index (χ2n) is 5.63. The van der Waals surface area contributed by atoms with Crippen LogP contribution in [0.1, 0.15) is 24.1 Å². The Morgan fingerprint density at radius 1 is 1.26 bits per heavy atom. The number of likely N-dealkylation sites (tertiary alicyclic amines) is 1. The molecule has 2 heterocycles. The predicted octanol–water partition coefficient (Wildman–Crippen LogP) is 2.41. The molecule has 0 saturated carbocycles. The number of nitrogens with zero attached hydrogens (tertiary/aromatic N) is 3. The number of hydrogen-bond acceptors (Lipinski definition) is 4. The van der Waals surface area contributed by atoms with Crippen LogP contribution in [0.5, 0.6) is 0 Å². The van der Waals surface area contributed by atoms with E-state index in [-0.39, 0.29) is 11.9 Å². The standard InChI is InChI=1S/C17H19ClN4O/c18-16-14(19-8-9-20-16)11-21-17(23)15-7-4-10-22(15)12-13-5-2-1-3-6-13/h1-3,5-6,8-9,15H,4,7,10-12H2,(H,21,23)/t15-/m0/s1. The highest BCUT2D eigenvalue weighted by molar-refractivity contribution is 6.29. The molecule has 2 aromatic rings. The lowest BCUT2D eigenvalue weighted by Crippen LogP contribution is -2.42. The van der Waals surface area contributed by atoms with Crippen molar-refractivity contribution < 1.29 is 4.79 Å². The van der Waals surface area contributed by atoms with Crippen molar-refractivity contribution in [3.05, 3.63) is 59.1 Å². The molecule has 1 atom stereocenters. The molecule has 0 spiro atoms. The lowest BCUT2D eigenvalue weighted by molar-refractivity contribution is -0.125. The summed E-state index contributed by atoms with van der Waals surface area (Å²) < 4.78 is 0. The van der Waals surface area contributed by atoms with Crippen molar-refractivity contribution in [1.82, 2.24) is 20.2 Å². The molecule has 1 aliphatic heterocycles. The molecule has 6 heteroatoms. The number of aromatic nitrogens is 2. The fourth-order valence-corrected chi connectivity index (χ4v) is 3.06. The molecule has 120 valence electrons. The van der Waals surface area contributed by atoms with Gasteiger partial charge >= 0.3 is 0 Å². The molecule has 0 unspecified atom stereocenters. The zero-order valence-corrected chi connectivity index (χ0v) is 13.5. The van der Waals surface area contributed by atoms with Gasteiger partial charge in [-0.15, -0.1) is 0 Å². The van der Waals surface area contributed by atoms with Gasteiger partial charge in [0.15, 0.2) is 5.15 Å². The molecule has 1 N–H and O–H groups in total. The molecule has 3 rings (SSSR count). The third-order valence-corrected chi connectivity index (χ3v) is 4.36. The Balaban J connectivity index is 1.59. The molecule has 1 aromatic carbocycles. The van der Waals surface area contributed by atoms with Gasteiger partial charge < -0.3 is 5.32 Å². The zero-order chi connectivity index (χ0) is 16.1. The van der Waals surface area contributed by atoms with E-state index in [4.69, 9.17) is 11.6 Å². The van der Waals surface area contributed by atoms with Crippen LogP contribution >= 0.6 is 11.6 Å². The number of carbonyl (C=O) groups excluding carboxylic acids is 1. The number of rotatable bonds is 5. The second-order valence-corrected chi connectivity index (χ2v) is 5.98. The maximum absolute atomic E-state index is 12.5. The van der Waals surface area contributed by atoms with Crippen molar-refractivity contribution in [3.8, 4) is 0 Å². The van der Waals surface area contributed by atoms with Gasteiger partial charge in [-0.1, -0.05) is 41.9 Å². The van der Waals surface area contributed by atoms with E-state index in [1.807, 2.05) is 18.2 Å². The molecule has 1 aromatic heterocycles. The maximum Gasteiger partial charge on any atom is 0.237 e. The van der Waals surface area contributed by atoms with E-state index in [0.717, 1.165) is 25.9 Å². The van der Waals surface area contributed by atoms with Crippen molar-refractivity contribution in [3.63, 3.8) is 0 Å². The van der Waals surface area contributed by atoms with Crippen LogP contribution in [0.15, 0.2) is 42.7 Å². The summed E-state index contributed by atoms with van der Waals surface area (Å²) in [7, 11) is 0. The summed E-state index contributed by atoms with van der Waals surface area (Å²) in [5.74, 6) is 0.0279. The molecule has 0 radical (unpaired) electrons. The molecule has 0 bridgehead atoms. The Morgan fingerprint density at radius 2 is 2.04 bits per heavy atom. The average Bonchev–Trinajstić information content (AvgIpc) is 3.03. The minimum atomic E-state index is -0.0920. The first-order valence-electron chi connectivity index (χ1n) is 7.75. The van der Waals surface area contributed by atoms with E-state index in [2.05, 4.69) is 32.3 Å². The van der Waals surface area contributed by atoms with Crippen LogP contribution in [0.4, 0.5) is 0 Å². The van der Waals surface area contributed by atoms with Gasteiger partial charge in [0.05, 0.1) is 18.3 Å². The monoisotopic (exact) mass is 330 g/mol. The van der Waals surface area contributed by atoms with E-state index in [1.165, 1.54) is 11.8 Å². The summed E-state index contributed by atoms with van der Waals surface area (Å²) in [4.78, 5) is 22.8. The van der Waals surface area contributed by atoms with Crippen molar-refractivity contribution >= 4 is 17.5 Å². The third kappa shape index (κ3) is 4.06. The number of carbonyl (C=O) groups is 1. The van der Waals surface area contributed by atoms with Crippen LogP contribution in [-0.2, 0) is 17.9 Å². The largest absolute Gasteiger partial charge is 0.349 e. The van der Waals surface area contributed by atoms with Crippen molar-refractivity contribution in [2.45, 2.75) is 32.0 Å². The van der Waals surface area contributed by atoms with Crippen LogP contribution in [-0.4, -0.2) is 33.4 Å². The average molecular weight is 331 g/mol.